The molecule has 2 N–H and O–H groups in total. The van der Waals surface area contributed by atoms with E-state index in [-0.39, 0.29) is 5.91 Å². The summed E-state index contributed by atoms with van der Waals surface area (Å²) in [6, 6.07) is 0.295. The lowest BCUT2D eigenvalue weighted by atomic mass is 10.1. The van der Waals surface area contributed by atoms with Gasteiger partial charge in [0.2, 0.25) is 0 Å². The van der Waals surface area contributed by atoms with E-state index < -0.39 is 0 Å². The van der Waals surface area contributed by atoms with Gasteiger partial charge in [0.1, 0.15) is 11.5 Å². The molecule has 1 saturated carbocycles. The van der Waals surface area contributed by atoms with E-state index in [1.807, 2.05) is 0 Å². The molecule has 1 fully saturated rings. The van der Waals surface area contributed by atoms with Gasteiger partial charge in [-0.3, -0.25) is 4.79 Å². The highest BCUT2D eigenvalue weighted by Crippen LogP contribution is 2.17. The fraction of sp³-hybridized carbons (Fsp3) is 0.706. The summed E-state index contributed by atoms with van der Waals surface area (Å²) in [5, 5.41) is 6.32. The fourth-order valence-electron chi connectivity index (χ4n) is 2.81. The Morgan fingerprint density at radius 2 is 1.91 bits per heavy atom. The number of carbonyl (C=O) groups excluding carboxylic acids is 1. The predicted molar refractivity (Wildman–Crippen MR) is 89.0 cm³/mol. The third-order valence-electron chi connectivity index (χ3n) is 4.16. The summed E-state index contributed by atoms with van der Waals surface area (Å²) < 4.78 is 0. The van der Waals surface area contributed by atoms with Gasteiger partial charge in [0.05, 0.1) is 12.4 Å². The molecule has 0 aromatic carbocycles. The molecule has 5 heteroatoms. The monoisotopic (exact) mass is 304 g/mol. The van der Waals surface area contributed by atoms with E-state index in [0.717, 1.165) is 31.6 Å². The van der Waals surface area contributed by atoms with Crippen molar-refractivity contribution in [3.8, 4) is 0 Å². The SMILES string of the molecule is CCCCCNc1cnc(C(=O)NC2CCCCCC2)cn1. The first kappa shape index (κ1) is 16.7. The van der Waals surface area contributed by atoms with Crippen molar-refractivity contribution in [3.05, 3.63) is 18.1 Å². The molecule has 0 aliphatic heterocycles. The Hall–Kier alpha value is -1.65. The first-order valence-electron chi connectivity index (χ1n) is 8.66. The lowest BCUT2D eigenvalue weighted by Gasteiger charge is -2.15. The smallest absolute Gasteiger partial charge is 0.271 e. The zero-order chi connectivity index (χ0) is 15.6. The predicted octanol–water partition coefficient (Wildman–Crippen LogP) is 3.53. The molecule has 1 aromatic heterocycles. The Kier molecular flexibility index (Phi) is 7.13. The van der Waals surface area contributed by atoms with Crippen LogP contribution in [0.4, 0.5) is 5.82 Å². The first-order valence-corrected chi connectivity index (χ1v) is 8.66. The number of hydrogen-bond donors (Lipinski definition) is 2. The topological polar surface area (TPSA) is 66.9 Å². The van der Waals surface area contributed by atoms with Crippen LogP contribution in [0.2, 0.25) is 0 Å². The summed E-state index contributed by atoms with van der Waals surface area (Å²) in [7, 11) is 0. The second kappa shape index (κ2) is 9.38. The van der Waals surface area contributed by atoms with Crippen molar-refractivity contribution >= 4 is 11.7 Å². The fourth-order valence-corrected chi connectivity index (χ4v) is 2.81. The maximum atomic E-state index is 12.2. The third-order valence-corrected chi connectivity index (χ3v) is 4.16. The maximum absolute atomic E-state index is 12.2. The normalized spacial score (nSPS) is 16.0. The molecule has 22 heavy (non-hydrogen) atoms. The van der Waals surface area contributed by atoms with Crippen molar-refractivity contribution in [1.29, 1.82) is 0 Å². The van der Waals surface area contributed by atoms with E-state index in [0.29, 0.717) is 11.7 Å². The molecular weight excluding hydrogens is 276 g/mol. The first-order chi connectivity index (χ1) is 10.8. The minimum Gasteiger partial charge on any atom is -0.369 e. The highest BCUT2D eigenvalue weighted by molar-refractivity contribution is 5.92. The number of amides is 1. The quantitative estimate of drug-likeness (QED) is 0.597. The Bertz CT molecular complexity index is 438. The Morgan fingerprint density at radius 1 is 1.14 bits per heavy atom. The highest BCUT2D eigenvalue weighted by atomic mass is 16.1. The minimum absolute atomic E-state index is 0.100. The Labute approximate surface area is 133 Å². The van der Waals surface area contributed by atoms with E-state index in [2.05, 4.69) is 27.5 Å². The number of nitrogens with one attached hydrogen (secondary N) is 2. The largest absolute Gasteiger partial charge is 0.369 e. The van der Waals surface area contributed by atoms with Gasteiger partial charge >= 0.3 is 0 Å². The van der Waals surface area contributed by atoms with E-state index in [4.69, 9.17) is 0 Å². The molecule has 0 bridgehead atoms. The third kappa shape index (κ3) is 5.62. The molecule has 1 heterocycles. The van der Waals surface area contributed by atoms with Gasteiger partial charge in [0.25, 0.3) is 5.91 Å². The van der Waals surface area contributed by atoms with Crippen LogP contribution in [0.1, 0.15) is 75.2 Å². The molecule has 1 aliphatic carbocycles. The molecule has 1 amide bonds. The number of carbonyl (C=O) groups is 1. The van der Waals surface area contributed by atoms with Gasteiger partial charge in [-0.15, -0.1) is 0 Å². The van der Waals surface area contributed by atoms with Crippen molar-refractivity contribution in [2.75, 3.05) is 11.9 Å². The van der Waals surface area contributed by atoms with Crippen LogP contribution in [-0.4, -0.2) is 28.5 Å². The van der Waals surface area contributed by atoms with Crippen molar-refractivity contribution in [1.82, 2.24) is 15.3 Å². The van der Waals surface area contributed by atoms with Crippen LogP contribution in [0.3, 0.4) is 0 Å². The van der Waals surface area contributed by atoms with Crippen LogP contribution in [0, 0.1) is 0 Å². The number of hydrogen-bond acceptors (Lipinski definition) is 4. The minimum atomic E-state index is -0.100. The summed E-state index contributed by atoms with van der Waals surface area (Å²) in [6.45, 7) is 3.08. The standard InChI is InChI=1S/C17H28N4O/c1-2-3-8-11-18-16-13-19-15(12-20-16)17(22)21-14-9-6-4-5-7-10-14/h12-14H,2-11H2,1H3,(H,18,20)(H,21,22). The average Bonchev–Trinajstić information content (AvgIpc) is 2.81. The number of nitrogens with zero attached hydrogens (tertiary/aromatic N) is 2. The molecular formula is C17H28N4O. The summed E-state index contributed by atoms with van der Waals surface area (Å²) in [6.07, 6.45) is 13.9. The molecule has 122 valence electrons. The number of aromatic nitrogens is 2. The summed E-state index contributed by atoms with van der Waals surface area (Å²) in [5.74, 6) is 0.638. The van der Waals surface area contributed by atoms with Gasteiger partial charge < -0.3 is 10.6 Å². The van der Waals surface area contributed by atoms with E-state index in [1.54, 1.807) is 12.4 Å². The van der Waals surface area contributed by atoms with E-state index in [1.165, 1.54) is 38.5 Å². The van der Waals surface area contributed by atoms with Crippen molar-refractivity contribution in [3.63, 3.8) is 0 Å². The highest BCUT2D eigenvalue weighted by Gasteiger charge is 2.16. The second-order valence-corrected chi connectivity index (χ2v) is 6.08. The molecule has 0 spiro atoms. The van der Waals surface area contributed by atoms with Gasteiger partial charge in [0.15, 0.2) is 0 Å². The zero-order valence-electron chi connectivity index (χ0n) is 13.6. The van der Waals surface area contributed by atoms with Crippen LogP contribution < -0.4 is 10.6 Å². The van der Waals surface area contributed by atoms with Gasteiger partial charge in [0, 0.05) is 12.6 Å². The molecule has 0 radical (unpaired) electrons. The molecule has 1 aliphatic rings. The van der Waals surface area contributed by atoms with Crippen molar-refractivity contribution in [2.45, 2.75) is 70.8 Å². The molecule has 2 rings (SSSR count). The lowest BCUT2D eigenvalue weighted by molar-refractivity contribution is 0.0928. The maximum Gasteiger partial charge on any atom is 0.271 e. The van der Waals surface area contributed by atoms with Gasteiger partial charge in [-0.2, -0.15) is 0 Å². The van der Waals surface area contributed by atoms with Crippen molar-refractivity contribution in [2.24, 2.45) is 0 Å². The molecule has 0 saturated heterocycles. The van der Waals surface area contributed by atoms with Crippen LogP contribution in [0.15, 0.2) is 12.4 Å². The average molecular weight is 304 g/mol. The molecule has 1 aromatic rings. The summed E-state index contributed by atoms with van der Waals surface area (Å²) in [5.41, 5.74) is 0.406. The number of unbranched alkanes of at least 4 members (excludes halogenated alkanes) is 2. The van der Waals surface area contributed by atoms with Crippen LogP contribution in [-0.2, 0) is 0 Å². The van der Waals surface area contributed by atoms with Crippen LogP contribution in [0.5, 0.6) is 0 Å². The lowest BCUT2D eigenvalue weighted by Crippen LogP contribution is -2.34. The van der Waals surface area contributed by atoms with Gasteiger partial charge in [-0.25, -0.2) is 9.97 Å². The molecule has 5 nitrogen and oxygen atoms in total. The van der Waals surface area contributed by atoms with Gasteiger partial charge in [-0.1, -0.05) is 45.4 Å². The molecule has 0 unspecified atom stereocenters. The number of anilines is 1. The summed E-state index contributed by atoms with van der Waals surface area (Å²) >= 11 is 0. The summed E-state index contributed by atoms with van der Waals surface area (Å²) in [4.78, 5) is 20.7. The molecule has 0 atom stereocenters. The second-order valence-electron chi connectivity index (χ2n) is 6.08. The van der Waals surface area contributed by atoms with Crippen molar-refractivity contribution < 1.29 is 4.79 Å². The van der Waals surface area contributed by atoms with E-state index >= 15 is 0 Å². The van der Waals surface area contributed by atoms with Gasteiger partial charge in [-0.05, 0) is 19.3 Å². The Balaban J connectivity index is 1.79. The van der Waals surface area contributed by atoms with Crippen LogP contribution in [0.25, 0.3) is 0 Å². The zero-order valence-corrected chi connectivity index (χ0v) is 13.6. The van der Waals surface area contributed by atoms with Crippen LogP contribution >= 0.6 is 0 Å². The van der Waals surface area contributed by atoms with E-state index in [9.17, 15) is 4.79 Å². The Morgan fingerprint density at radius 3 is 2.55 bits per heavy atom. The number of rotatable bonds is 7.